The Hall–Kier alpha value is -2.97. The summed E-state index contributed by atoms with van der Waals surface area (Å²) in [7, 11) is -1.82. The molecule has 0 spiro atoms. The molecule has 7 nitrogen and oxygen atoms in total. The van der Waals surface area contributed by atoms with Crippen molar-refractivity contribution in [2.75, 3.05) is 38.2 Å². The highest BCUT2D eigenvalue weighted by Crippen LogP contribution is 2.23. The first-order chi connectivity index (χ1) is 14.1. The quantitative estimate of drug-likeness (QED) is 0.644. The Morgan fingerprint density at radius 2 is 1.52 bits per heavy atom. The number of hydrogen-bond acceptors (Lipinski definition) is 6. The maximum Gasteiger partial charge on any atom is 0.243 e. The van der Waals surface area contributed by atoms with Crippen molar-refractivity contribution in [1.29, 1.82) is 0 Å². The van der Waals surface area contributed by atoms with Crippen LogP contribution in [0.4, 0.5) is 5.82 Å². The molecule has 4 rings (SSSR count). The standard InChI is InChI=1S/C21H22N4O3S/c1-28-18-9-7-17(8-10-18)20-11-12-21(23-22-20)24-13-15-25(16-14-24)29(26,27)19-5-3-2-4-6-19/h2-12H,13-16H2,1H3. The van der Waals surface area contributed by atoms with E-state index in [9.17, 15) is 8.42 Å². The monoisotopic (exact) mass is 410 g/mol. The van der Waals surface area contributed by atoms with Crippen LogP contribution in [0.3, 0.4) is 0 Å². The highest BCUT2D eigenvalue weighted by molar-refractivity contribution is 7.89. The number of anilines is 1. The fourth-order valence-electron chi connectivity index (χ4n) is 3.31. The molecule has 150 valence electrons. The molecule has 2 heterocycles. The summed E-state index contributed by atoms with van der Waals surface area (Å²) in [5, 5.41) is 8.67. The number of hydrogen-bond donors (Lipinski definition) is 0. The summed E-state index contributed by atoms with van der Waals surface area (Å²) in [5.41, 5.74) is 1.74. The van der Waals surface area contributed by atoms with Crippen molar-refractivity contribution in [3.63, 3.8) is 0 Å². The van der Waals surface area contributed by atoms with E-state index in [1.807, 2.05) is 42.5 Å². The Balaban J connectivity index is 1.42. The average molecular weight is 410 g/mol. The van der Waals surface area contributed by atoms with E-state index in [1.165, 1.54) is 4.31 Å². The van der Waals surface area contributed by atoms with Gasteiger partial charge in [-0.1, -0.05) is 18.2 Å². The zero-order valence-electron chi connectivity index (χ0n) is 16.1. The van der Waals surface area contributed by atoms with E-state index in [4.69, 9.17) is 4.74 Å². The summed E-state index contributed by atoms with van der Waals surface area (Å²) in [4.78, 5) is 2.39. The van der Waals surface area contributed by atoms with Crippen molar-refractivity contribution in [3.05, 3.63) is 66.7 Å². The first-order valence-electron chi connectivity index (χ1n) is 9.36. The van der Waals surface area contributed by atoms with Gasteiger partial charge in [0.15, 0.2) is 5.82 Å². The molecule has 2 aromatic carbocycles. The van der Waals surface area contributed by atoms with E-state index in [1.54, 1.807) is 31.4 Å². The molecule has 0 bridgehead atoms. The van der Waals surface area contributed by atoms with E-state index < -0.39 is 10.0 Å². The van der Waals surface area contributed by atoms with Gasteiger partial charge >= 0.3 is 0 Å². The second-order valence-corrected chi connectivity index (χ2v) is 8.65. The number of sulfonamides is 1. The highest BCUT2D eigenvalue weighted by Gasteiger charge is 2.28. The Kier molecular flexibility index (Phi) is 5.46. The number of ether oxygens (including phenoxy) is 1. The van der Waals surface area contributed by atoms with Gasteiger partial charge in [-0.15, -0.1) is 10.2 Å². The second-order valence-electron chi connectivity index (χ2n) is 6.71. The molecule has 8 heteroatoms. The summed E-state index contributed by atoms with van der Waals surface area (Å²) < 4.78 is 32.2. The first kappa shape index (κ1) is 19.4. The Morgan fingerprint density at radius 3 is 2.10 bits per heavy atom. The number of benzene rings is 2. The molecule has 1 aliphatic rings. The minimum Gasteiger partial charge on any atom is -0.497 e. The molecule has 3 aromatic rings. The molecule has 0 N–H and O–H groups in total. The van der Waals surface area contributed by atoms with E-state index in [0.29, 0.717) is 31.1 Å². The van der Waals surface area contributed by atoms with Gasteiger partial charge < -0.3 is 9.64 Å². The smallest absolute Gasteiger partial charge is 0.243 e. The number of rotatable bonds is 5. The molecular weight excluding hydrogens is 388 g/mol. The maximum absolute atomic E-state index is 12.7. The minimum atomic E-state index is -3.46. The van der Waals surface area contributed by atoms with Crippen LogP contribution >= 0.6 is 0 Å². The van der Waals surface area contributed by atoms with Gasteiger partial charge in [-0.25, -0.2) is 8.42 Å². The topological polar surface area (TPSA) is 75.6 Å². The lowest BCUT2D eigenvalue weighted by Gasteiger charge is -2.34. The van der Waals surface area contributed by atoms with E-state index in [2.05, 4.69) is 15.1 Å². The third-order valence-corrected chi connectivity index (χ3v) is 6.89. The molecule has 0 aliphatic carbocycles. The van der Waals surface area contributed by atoms with Crippen LogP contribution in [0.25, 0.3) is 11.3 Å². The van der Waals surface area contributed by atoms with Crippen molar-refractivity contribution >= 4 is 15.8 Å². The SMILES string of the molecule is COc1ccc(-c2ccc(N3CCN(S(=O)(=O)c4ccccc4)CC3)nn2)cc1. The first-order valence-corrected chi connectivity index (χ1v) is 10.8. The van der Waals surface area contributed by atoms with E-state index in [-0.39, 0.29) is 0 Å². The van der Waals surface area contributed by atoms with Crippen LogP contribution in [-0.2, 0) is 10.0 Å². The van der Waals surface area contributed by atoms with Crippen LogP contribution in [0.15, 0.2) is 71.6 Å². The van der Waals surface area contributed by atoms with Gasteiger partial charge in [0.2, 0.25) is 10.0 Å². The Labute approximate surface area is 170 Å². The van der Waals surface area contributed by atoms with Gasteiger partial charge in [-0.05, 0) is 48.5 Å². The van der Waals surface area contributed by atoms with Gasteiger partial charge in [0.25, 0.3) is 0 Å². The summed E-state index contributed by atoms with van der Waals surface area (Å²) >= 11 is 0. The minimum absolute atomic E-state index is 0.331. The molecule has 1 aromatic heterocycles. The fourth-order valence-corrected chi connectivity index (χ4v) is 4.75. The van der Waals surface area contributed by atoms with Crippen molar-refractivity contribution in [3.8, 4) is 17.0 Å². The van der Waals surface area contributed by atoms with Gasteiger partial charge in [0.1, 0.15) is 5.75 Å². The van der Waals surface area contributed by atoms with Crippen LogP contribution in [0, 0.1) is 0 Å². The third-order valence-electron chi connectivity index (χ3n) is 4.98. The summed E-state index contributed by atoms with van der Waals surface area (Å²) in [6.07, 6.45) is 0. The lowest BCUT2D eigenvalue weighted by Crippen LogP contribution is -2.48. The normalized spacial score (nSPS) is 15.3. The molecule has 29 heavy (non-hydrogen) atoms. The van der Waals surface area contributed by atoms with Crippen LogP contribution < -0.4 is 9.64 Å². The number of methoxy groups -OCH3 is 1. The second kappa shape index (κ2) is 8.18. The van der Waals surface area contributed by atoms with E-state index >= 15 is 0 Å². The molecule has 1 saturated heterocycles. The van der Waals surface area contributed by atoms with Crippen molar-refractivity contribution < 1.29 is 13.2 Å². The predicted molar refractivity (Wildman–Crippen MR) is 111 cm³/mol. The molecule has 0 unspecified atom stereocenters. The van der Waals surface area contributed by atoms with Gasteiger partial charge in [-0.3, -0.25) is 0 Å². The van der Waals surface area contributed by atoms with Crippen LogP contribution in [0.2, 0.25) is 0 Å². The van der Waals surface area contributed by atoms with Crippen molar-refractivity contribution in [2.45, 2.75) is 4.90 Å². The lowest BCUT2D eigenvalue weighted by atomic mass is 10.1. The number of aromatic nitrogens is 2. The lowest BCUT2D eigenvalue weighted by molar-refractivity contribution is 0.383. The fraction of sp³-hybridized carbons (Fsp3) is 0.238. The largest absolute Gasteiger partial charge is 0.497 e. The number of piperazine rings is 1. The van der Waals surface area contributed by atoms with Gasteiger partial charge in [0, 0.05) is 31.7 Å². The molecular formula is C21H22N4O3S. The van der Waals surface area contributed by atoms with Crippen LogP contribution in [0.1, 0.15) is 0 Å². The summed E-state index contributed by atoms with van der Waals surface area (Å²) in [6, 6.07) is 20.1. The average Bonchev–Trinajstić information content (AvgIpc) is 2.80. The van der Waals surface area contributed by atoms with E-state index in [0.717, 1.165) is 22.8 Å². The molecule has 0 radical (unpaired) electrons. The maximum atomic E-state index is 12.7. The Bertz CT molecular complexity index is 1050. The Morgan fingerprint density at radius 1 is 0.828 bits per heavy atom. The molecule has 0 amide bonds. The molecule has 1 fully saturated rings. The summed E-state index contributed by atoms with van der Waals surface area (Å²) in [6.45, 7) is 1.98. The van der Waals surface area contributed by atoms with Crippen molar-refractivity contribution in [1.82, 2.24) is 14.5 Å². The van der Waals surface area contributed by atoms with Gasteiger partial charge in [-0.2, -0.15) is 4.31 Å². The van der Waals surface area contributed by atoms with Gasteiger partial charge in [0.05, 0.1) is 17.7 Å². The van der Waals surface area contributed by atoms with Crippen molar-refractivity contribution in [2.24, 2.45) is 0 Å². The third kappa shape index (κ3) is 4.08. The number of nitrogens with zero attached hydrogens (tertiary/aromatic N) is 4. The highest BCUT2D eigenvalue weighted by atomic mass is 32.2. The molecule has 0 atom stereocenters. The zero-order chi connectivity index (χ0) is 20.3. The zero-order valence-corrected chi connectivity index (χ0v) is 16.9. The molecule has 1 aliphatic heterocycles. The predicted octanol–water partition coefficient (Wildman–Crippen LogP) is 2.66. The van der Waals surface area contributed by atoms with Crippen LogP contribution in [0.5, 0.6) is 5.75 Å². The van der Waals surface area contributed by atoms with Crippen LogP contribution in [-0.4, -0.2) is 56.2 Å². The molecule has 0 saturated carbocycles. The summed E-state index contributed by atoms with van der Waals surface area (Å²) in [5.74, 6) is 1.54.